The molecule has 0 heterocycles. The Bertz CT molecular complexity index is 614. The normalized spacial score (nSPS) is 10.7. The lowest BCUT2D eigenvalue weighted by atomic mass is 10.1. The van der Waals surface area contributed by atoms with E-state index in [9.17, 15) is 8.78 Å². The van der Waals surface area contributed by atoms with Gasteiger partial charge >= 0.3 is 0 Å². The zero-order valence-corrected chi connectivity index (χ0v) is 12.2. The van der Waals surface area contributed by atoms with Gasteiger partial charge < -0.3 is 10.1 Å². The summed E-state index contributed by atoms with van der Waals surface area (Å²) in [7, 11) is 0. The monoisotopic (exact) mass is 291 g/mol. The number of benzene rings is 2. The summed E-state index contributed by atoms with van der Waals surface area (Å²) >= 11 is 0. The first kappa shape index (κ1) is 15.4. The maximum absolute atomic E-state index is 13.7. The van der Waals surface area contributed by atoms with Gasteiger partial charge in [-0.05, 0) is 49.2 Å². The fourth-order valence-corrected chi connectivity index (χ4v) is 1.96. The Morgan fingerprint density at radius 3 is 2.67 bits per heavy atom. The van der Waals surface area contributed by atoms with Crippen LogP contribution >= 0.6 is 0 Å². The van der Waals surface area contributed by atoms with Gasteiger partial charge in [0.05, 0.1) is 0 Å². The third kappa shape index (κ3) is 4.02. The van der Waals surface area contributed by atoms with Crippen molar-refractivity contribution in [2.75, 3.05) is 6.54 Å². The van der Waals surface area contributed by atoms with Crippen molar-refractivity contribution in [1.82, 2.24) is 5.32 Å². The maximum Gasteiger partial charge on any atom is 0.201 e. The quantitative estimate of drug-likeness (QED) is 0.787. The molecule has 0 aliphatic rings. The molecule has 0 unspecified atom stereocenters. The molecule has 2 rings (SSSR count). The smallest absolute Gasteiger partial charge is 0.201 e. The van der Waals surface area contributed by atoms with Crippen LogP contribution in [0.3, 0.4) is 0 Å². The van der Waals surface area contributed by atoms with E-state index in [1.54, 1.807) is 0 Å². The van der Waals surface area contributed by atoms with E-state index in [-0.39, 0.29) is 5.75 Å². The molecule has 0 aromatic heterocycles. The average Bonchev–Trinajstić information content (AvgIpc) is 2.47. The van der Waals surface area contributed by atoms with E-state index in [0.717, 1.165) is 36.7 Å². The van der Waals surface area contributed by atoms with Crippen LogP contribution in [0.5, 0.6) is 11.5 Å². The van der Waals surface area contributed by atoms with Gasteiger partial charge in [-0.15, -0.1) is 0 Å². The van der Waals surface area contributed by atoms with Crippen molar-refractivity contribution >= 4 is 0 Å². The lowest BCUT2D eigenvalue weighted by molar-refractivity contribution is 0.414. The number of halogens is 2. The Hall–Kier alpha value is -1.94. The highest BCUT2D eigenvalue weighted by Gasteiger charge is 2.11. The van der Waals surface area contributed by atoms with Gasteiger partial charge in [0.1, 0.15) is 5.75 Å². The molecule has 0 saturated carbocycles. The van der Waals surface area contributed by atoms with Gasteiger partial charge in [-0.25, -0.2) is 4.39 Å². The third-order valence-corrected chi connectivity index (χ3v) is 3.14. The molecule has 21 heavy (non-hydrogen) atoms. The first-order valence-electron chi connectivity index (χ1n) is 7.04. The fraction of sp³-hybridized carbons (Fsp3) is 0.294. The summed E-state index contributed by atoms with van der Waals surface area (Å²) in [6.07, 6.45) is 1.06. The molecule has 112 valence electrons. The van der Waals surface area contributed by atoms with Gasteiger partial charge in [0.2, 0.25) is 5.82 Å². The second-order valence-corrected chi connectivity index (χ2v) is 4.93. The maximum atomic E-state index is 13.7. The van der Waals surface area contributed by atoms with E-state index in [1.165, 1.54) is 12.1 Å². The Balaban J connectivity index is 2.18. The van der Waals surface area contributed by atoms with Crippen molar-refractivity contribution in [2.45, 2.75) is 26.8 Å². The number of hydrogen-bond acceptors (Lipinski definition) is 2. The zero-order chi connectivity index (χ0) is 15.2. The summed E-state index contributed by atoms with van der Waals surface area (Å²) in [4.78, 5) is 0. The minimum atomic E-state index is -0.966. The predicted molar refractivity (Wildman–Crippen MR) is 79.6 cm³/mol. The van der Waals surface area contributed by atoms with Crippen molar-refractivity contribution in [3.05, 3.63) is 59.2 Å². The minimum Gasteiger partial charge on any atom is -0.454 e. The molecule has 2 aromatic rings. The van der Waals surface area contributed by atoms with Crippen LogP contribution in [0.2, 0.25) is 0 Å². The van der Waals surface area contributed by atoms with Gasteiger partial charge in [0.15, 0.2) is 11.6 Å². The van der Waals surface area contributed by atoms with Gasteiger partial charge in [0, 0.05) is 6.54 Å². The molecule has 0 fully saturated rings. The van der Waals surface area contributed by atoms with Crippen LogP contribution < -0.4 is 10.1 Å². The highest BCUT2D eigenvalue weighted by Crippen LogP contribution is 2.29. The highest BCUT2D eigenvalue weighted by molar-refractivity contribution is 5.40. The van der Waals surface area contributed by atoms with Crippen LogP contribution in [0.1, 0.15) is 24.5 Å². The molecule has 1 N–H and O–H groups in total. The van der Waals surface area contributed by atoms with Crippen molar-refractivity contribution in [1.29, 1.82) is 0 Å². The second kappa shape index (κ2) is 7.18. The predicted octanol–water partition coefficient (Wildman–Crippen LogP) is 4.57. The highest BCUT2D eigenvalue weighted by atomic mass is 19.2. The largest absolute Gasteiger partial charge is 0.454 e. The summed E-state index contributed by atoms with van der Waals surface area (Å²) in [5.74, 6) is -1.44. The molecular weight excluding hydrogens is 272 g/mol. The molecule has 0 aliphatic heterocycles. The Labute approximate surface area is 123 Å². The van der Waals surface area contributed by atoms with Crippen LogP contribution in [0, 0.1) is 18.6 Å². The lowest BCUT2D eigenvalue weighted by Crippen LogP contribution is -2.13. The van der Waals surface area contributed by atoms with E-state index in [4.69, 9.17) is 4.74 Å². The number of aryl methyl sites for hydroxylation is 1. The van der Waals surface area contributed by atoms with Crippen molar-refractivity contribution in [3.8, 4) is 11.5 Å². The van der Waals surface area contributed by atoms with E-state index >= 15 is 0 Å². The van der Waals surface area contributed by atoms with Crippen molar-refractivity contribution in [3.63, 3.8) is 0 Å². The molecule has 0 aliphatic carbocycles. The van der Waals surface area contributed by atoms with Crippen LogP contribution in [0.25, 0.3) is 0 Å². The van der Waals surface area contributed by atoms with E-state index in [2.05, 4.69) is 12.2 Å². The number of rotatable bonds is 6. The van der Waals surface area contributed by atoms with Crippen LogP contribution in [0.15, 0.2) is 36.4 Å². The van der Waals surface area contributed by atoms with Crippen LogP contribution in [-0.2, 0) is 6.54 Å². The summed E-state index contributed by atoms with van der Waals surface area (Å²) in [5, 5.41) is 3.29. The molecular formula is C17H19F2NO. The zero-order valence-electron chi connectivity index (χ0n) is 12.2. The standard InChI is InChI=1S/C17H19F2NO/c1-3-9-20-11-13-8-7-12(2)16(10-13)21-15-6-4-5-14(18)17(15)19/h4-8,10,20H,3,9,11H2,1-2H3. The molecule has 0 atom stereocenters. The molecule has 2 nitrogen and oxygen atoms in total. The van der Waals surface area contributed by atoms with Gasteiger partial charge in [-0.2, -0.15) is 4.39 Å². The van der Waals surface area contributed by atoms with E-state index in [1.807, 2.05) is 25.1 Å². The second-order valence-electron chi connectivity index (χ2n) is 4.93. The van der Waals surface area contributed by atoms with Crippen molar-refractivity contribution in [2.24, 2.45) is 0 Å². The van der Waals surface area contributed by atoms with Crippen LogP contribution in [0.4, 0.5) is 8.78 Å². The number of hydrogen-bond donors (Lipinski definition) is 1. The molecule has 0 bridgehead atoms. The van der Waals surface area contributed by atoms with Crippen LogP contribution in [-0.4, -0.2) is 6.54 Å². The Kier molecular flexibility index (Phi) is 5.28. The van der Waals surface area contributed by atoms with Gasteiger partial charge in [-0.1, -0.05) is 25.1 Å². The Morgan fingerprint density at radius 1 is 1.10 bits per heavy atom. The third-order valence-electron chi connectivity index (χ3n) is 3.14. The average molecular weight is 291 g/mol. The molecule has 4 heteroatoms. The summed E-state index contributed by atoms with van der Waals surface area (Å²) in [5.41, 5.74) is 1.92. The summed E-state index contributed by atoms with van der Waals surface area (Å²) in [6, 6.07) is 9.67. The first-order chi connectivity index (χ1) is 10.1. The van der Waals surface area contributed by atoms with Gasteiger partial charge in [0.25, 0.3) is 0 Å². The SMILES string of the molecule is CCCNCc1ccc(C)c(Oc2cccc(F)c2F)c1. The van der Waals surface area contributed by atoms with E-state index < -0.39 is 11.6 Å². The number of nitrogens with one attached hydrogen (secondary N) is 1. The first-order valence-corrected chi connectivity index (χ1v) is 7.04. The minimum absolute atomic E-state index is 0.100. The molecule has 2 aromatic carbocycles. The van der Waals surface area contributed by atoms with Gasteiger partial charge in [-0.3, -0.25) is 0 Å². The van der Waals surface area contributed by atoms with E-state index in [0.29, 0.717) is 5.75 Å². The summed E-state index contributed by atoms with van der Waals surface area (Å²) in [6.45, 7) is 5.62. The number of ether oxygens (including phenoxy) is 1. The summed E-state index contributed by atoms with van der Waals surface area (Å²) < 4.78 is 32.4. The molecule has 0 spiro atoms. The topological polar surface area (TPSA) is 21.3 Å². The lowest BCUT2D eigenvalue weighted by Gasteiger charge is -2.12. The Morgan fingerprint density at radius 2 is 1.90 bits per heavy atom. The molecule has 0 saturated heterocycles. The fourth-order valence-electron chi connectivity index (χ4n) is 1.96. The van der Waals surface area contributed by atoms with Crippen molar-refractivity contribution < 1.29 is 13.5 Å². The molecule has 0 amide bonds. The molecule has 0 radical (unpaired) electrons.